The van der Waals surface area contributed by atoms with Crippen molar-refractivity contribution in [2.24, 2.45) is 4.99 Å². The van der Waals surface area contributed by atoms with Gasteiger partial charge < -0.3 is 4.90 Å². The highest BCUT2D eigenvalue weighted by atomic mass is 19.3. The van der Waals surface area contributed by atoms with Gasteiger partial charge in [0.1, 0.15) is 0 Å². The van der Waals surface area contributed by atoms with Gasteiger partial charge in [0, 0.05) is 20.0 Å². The molecule has 1 unspecified atom stereocenters. The average Bonchev–Trinajstić information content (AvgIpc) is 3.19. The maximum atomic E-state index is 14.5. The van der Waals surface area contributed by atoms with E-state index in [2.05, 4.69) is 4.99 Å². The summed E-state index contributed by atoms with van der Waals surface area (Å²) in [5, 5.41) is 0. The van der Waals surface area contributed by atoms with Crippen molar-refractivity contribution in [2.75, 3.05) is 13.6 Å². The van der Waals surface area contributed by atoms with E-state index in [9.17, 15) is 8.78 Å². The molecule has 0 bridgehead atoms. The highest BCUT2D eigenvalue weighted by Gasteiger charge is 2.73. The predicted molar refractivity (Wildman–Crippen MR) is 99.2 cm³/mol. The lowest BCUT2D eigenvalue weighted by Gasteiger charge is -2.21. The van der Waals surface area contributed by atoms with Crippen LogP contribution in [0.25, 0.3) is 0 Å². The number of aryl methyl sites for hydroxylation is 2. The van der Waals surface area contributed by atoms with Crippen LogP contribution in [0.5, 0.6) is 0 Å². The molecule has 1 fully saturated rings. The van der Waals surface area contributed by atoms with Crippen LogP contribution in [-0.4, -0.2) is 30.8 Å². The molecule has 1 aliphatic rings. The summed E-state index contributed by atoms with van der Waals surface area (Å²) in [6.07, 6.45) is 1.64. The molecular weight excluding hydrogens is 318 g/mol. The minimum absolute atomic E-state index is 0.133. The third-order valence-corrected chi connectivity index (χ3v) is 5.15. The molecule has 2 nitrogen and oxygen atoms in total. The number of aliphatic imine (C=N–C) groups is 1. The normalized spacial score (nSPS) is 21.5. The molecule has 1 atom stereocenters. The Hall–Kier alpha value is -2.23. The minimum Gasteiger partial charge on any atom is -0.366 e. The van der Waals surface area contributed by atoms with Gasteiger partial charge in [0.05, 0.1) is 17.4 Å². The molecule has 0 spiro atoms. The summed E-state index contributed by atoms with van der Waals surface area (Å²) in [5.41, 5.74) is 2.80. The summed E-state index contributed by atoms with van der Waals surface area (Å²) >= 11 is 0. The van der Waals surface area contributed by atoms with Crippen molar-refractivity contribution in [3.05, 3.63) is 64.7 Å². The van der Waals surface area contributed by atoms with Gasteiger partial charge >= 0.3 is 0 Å². The van der Waals surface area contributed by atoms with Gasteiger partial charge in [-0.3, -0.25) is 0 Å². The van der Waals surface area contributed by atoms with Crippen LogP contribution in [0.2, 0.25) is 0 Å². The van der Waals surface area contributed by atoms with E-state index in [1.807, 2.05) is 63.1 Å². The Kier molecular flexibility index (Phi) is 4.40. The Balaban J connectivity index is 2.06. The molecule has 0 saturated heterocycles. The van der Waals surface area contributed by atoms with Crippen LogP contribution in [0.4, 0.5) is 14.5 Å². The molecule has 4 heteroatoms. The van der Waals surface area contributed by atoms with Crippen LogP contribution in [0.15, 0.2) is 47.5 Å². The van der Waals surface area contributed by atoms with Gasteiger partial charge in [-0.05, 0) is 49.1 Å². The lowest BCUT2D eigenvalue weighted by Crippen LogP contribution is -2.19. The third-order valence-electron chi connectivity index (χ3n) is 5.15. The molecule has 1 aliphatic carbocycles. The molecule has 0 heterocycles. The maximum Gasteiger partial charge on any atom is 0.263 e. The summed E-state index contributed by atoms with van der Waals surface area (Å²) < 4.78 is 29.0. The lowest BCUT2D eigenvalue weighted by molar-refractivity contribution is 0.0965. The van der Waals surface area contributed by atoms with Crippen molar-refractivity contribution < 1.29 is 8.78 Å². The fraction of sp³-hybridized carbons (Fsp3) is 0.381. The quantitative estimate of drug-likeness (QED) is 0.536. The number of hydrogen-bond acceptors (Lipinski definition) is 1. The van der Waals surface area contributed by atoms with Crippen LogP contribution < -0.4 is 0 Å². The summed E-state index contributed by atoms with van der Waals surface area (Å²) in [6.45, 7) is 6.74. The minimum atomic E-state index is -2.71. The molecule has 2 aromatic rings. The molecule has 132 valence electrons. The van der Waals surface area contributed by atoms with Gasteiger partial charge in [-0.25, -0.2) is 13.8 Å². The maximum absolute atomic E-state index is 14.5. The Morgan fingerprint density at radius 2 is 1.76 bits per heavy atom. The van der Waals surface area contributed by atoms with E-state index in [4.69, 9.17) is 0 Å². The zero-order chi connectivity index (χ0) is 18.2. The first-order chi connectivity index (χ1) is 11.8. The van der Waals surface area contributed by atoms with Crippen molar-refractivity contribution >= 4 is 12.0 Å². The number of nitrogens with zero attached hydrogens (tertiary/aromatic N) is 2. The van der Waals surface area contributed by atoms with Crippen LogP contribution >= 0.6 is 0 Å². The molecule has 2 aromatic carbocycles. The van der Waals surface area contributed by atoms with Crippen molar-refractivity contribution in [1.29, 1.82) is 0 Å². The van der Waals surface area contributed by atoms with Crippen LogP contribution in [-0.2, 0) is 5.41 Å². The molecule has 1 saturated carbocycles. The zero-order valence-corrected chi connectivity index (χ0v) is 15.2. The van der Waals surface area contributed by atoms with E-state index in [1.54, 1.807) is 18.5 Å². The average molecular weight is 342 g/mol. The van der Waals surface area contributed by atoms with E-state index in [0.29, 0.717) is 11.1 Å². The van der Waals surface area contributed by atoms with Crippen LogP contribution in [0, 0.1) is 13.8 Å². The molecule has 0 N–H and O–H groups in total. The Morgan fingerprint density at radius 1 is 1.12 bits per heavy atom. The summed E-state index contributed by atoms with van der Waals surface area (Å²) in [4.78, 5) is 6.48. The van der Waals surface area contributed by atoms with Gasteiger partial charge in [0.2, 0.25) is 0 Å². The summed E-state index contributed by atoms with van der Waals surface area (Å²) in [6, 6.07) is 12.9. The second-order valence-corrected chi connectivity index (χ2v) is 6.92. The third kappa shape index (κ3) is 2.94. The largest absolute Gasteiger partial charge is 0.366 e. The van der Waals surface area contributed by atoms with Crippen molar-refractivity contribution in [1.82, 2.24) is 4.90 Å². The fourth-order valence-corrected chi connectivity index (χ4v) is 3.41. The number of benzene rings is 2. The van der Waals surface area contributed by atoms with Crippen molar-refractivity contribution in [3.8, 4) is 0 Å². The van der Waals surface area contributed by atoms with Gasteiger partial charge in [0.25, 0.3) is 5.92 Å². The van der Waals surface area contributed by atoms with E-state index in [0.717, 1.165) is 23.4 Å². The Morgan fingerprint density at radius 3 is 2.32 bits per heavy atom. The first-order valence-electron chi connectivity index (χ1n) is 8.61. The van der Waals surface area contributed by atoms with Crippen molar-refractivity contribution in [2.45, 2.75) is 38.5 Å². The van der Waals surface area contributed by atoms with E-state index in [1.165, 1.54) is 0 Å². The van der Waals surface area contributed by atoms with Crippen molar-refractivity contribution in [3.63, 3.8) is 0 Å². The van der Waals surface area contributed by atoms with Crippen LogP contribution in [0.1, 0.15) is 35.6 Å². The Bertz CT molecular complexity index is 799. The number of hydrogen-bond donors (Lipinski definition) is 0. The molecule has 25 heavy (non-hydrogen) atoms. The molecular formula is C21H24F2N2. The van der Waals surface area contributed by atoms with E-state index >= 15 is 0 Å². The second kappa shape index (κ2) is 6.25. The predicted octanol–water partition coefficient (Wildman–Crippen LogP) is 5.24. The summed E-state index contributed by atoms with van der Waals surface area (Å²) in [7, 11) is 1.95. The first-order valence-corrected chi connectivity index (χ1v) is 8.61. The van der Waals surface area contributed by atoms with Gasteiger partial charge in [-0.1, -0.05) is 36.4 Å². The number of halogens is 2. The van der Waals surface area contributed by atoms with Gasteiger partial charge in [-0.2, -0.15) is 0 Å². The molecule has 0 aliphatic heterocycles. The van der Waals surface area contributed by atoms with Gasteiger partial charge in [-0.15, -0.1) is 0 Å². The fourth-order valence-electron chi connectivity index (χ4n) is 3.41. The van der Waals surface area contributed by atoms with Gasteiger partial charge in [0.15, 0.2) is 0 Å². The topological polar surface area (TPSA) is 15.6 Å². The van der Waals surface area contributed by atoms with E-state index in [-0.39, 0.29) is 6.42 Å². The molecule has 0 radical (unpaired) electrons. The highest BCUT2D eigenvalue weighted by molar-refractivity contribution is 5.65. The standard InChI is InChI=1S/C21H24F2N2/c1-5-25(4)14-24-19-12-15(2)18(11-16(19)3)20(13-21(20,22)23)17-9-7-6-8-10-17/h6-12,14H,5,13H2,1-4H3. The smallest absolute Gasteiger partial charge is 0.263 e. The molecule has 0 aromatic heterocycles. The number of alkyl halides is 2. The molecule has 0 amide bonds. The second-order valence-electron chi connectivity index (χ2n) is 6.92. The first kappa shape index (κ1) is 17.6. The van der Waals surface area contributed by atoms with E-state index < -0.39 is 11.3 Å². The Labute approximate surface area is 148 Å². The highest BCUT2D eigenvalue weighted by Crippen LogP contribution is 2.66. The summed E-state index contributed by atoms with van der Waals surface area (Å²) in [5.74, 6) is -2.71. The van der Waals surface area contributed by atoms with Crippen LogP contribution in [0.3, 0.4) is 0 Å². The lowest BCUT2D eigenvalue weighted by atomic mass is 9.83. The SMILES string of the molecule is CCN(C)C=Nc1cc(C)c(C2(c3ccccc3)CC2(F)F)cc1C. The zero-order valence-electron chi connectivity index (χ0n) is 15.2. The molecule has 3 rings (SSSR count). The number of rotatable bonds is 5. The monoisotopic (exact) mass is 342 g/mol.